The fourth-order valence-electron chi connectivity index (χ4n) is 13.3. The van der Waals surface area contributed by atoms with E-state index in [1.807, 2.05) is 235 Å². The summed E-state index contributed by atoms with van der Waals surface area (Å²) in [5, 5.41) is 2.65. The summed E-state index contributed by atoms with van der Waals surface area (Å²) in [6.07, 6.45) is 24.6. The van der Waals surface area contributed by atoms with Gasteiger partial charge in [0.05, 0.1) is 83.2 Å². The first-order valence-electron chi connectivity index (χ1n) is 37.2. The van der Waals surface area contributed by atoms with Gasteiger partial charge in [-0.2, -0.15) is 4.39 Å². The van der Waals surface area contributed by atoms with Crippen LogP contribution in [0.15, 0.2) is 299 Å². The van der Waals surface area contributed by atoms with Crippen molar-refractivity contribution >= 4 is 68.3 Å². The van der Waals surface area contributed by atoms with E-state index in [1.54, 1.807) is 30.9 Å². The van der Waals surface area contributed by atoms with E-state index < -0.39 is 5.95 Å². The molecule has 18 rings (SSSR count). The molecule has 0 saturated carbocycles. The lowest BCUT2D eigenvalue weighted by molar-refractivity contribution is 0.242. The number of hydrogen-bond acceptors (Lipinski definition) is 13. The summed E-state index contributed by atoms with van der Waals surface area (Å²) in [6, 6.07) is 71.5. The summed E-state index contributed by atoms with van der Waals surface area (Å²) in [5.41, 5.74) is 22.6. The molecular weight excluding hydrogens is 1490 g/mol. The molecule has 114 heavy (non-hydrogen) atoms. The van der Waals surface area contributed by atoms with Crippen molar-refractivity contribution in [3.05, 3.63) is 320 Å². The zero-order valence-electron chi connectivity index (χ0n) is 63.6. The molecule has 0 saturated heterocycles. The molecule has 566 valence electrons. The smallest absolute Gasteiger partial charge is 0.213 e. The average molecular weight is 1570 g/mol. The molecule has 0 bridgehead atoms. The number of rotatable bonds is 17. The lowest BCUT2D eigenvalue weighted by Gasteiger charge is -2.10. The first kappa shape index (κ1) is 76.2. The third-order valence-electron chi connectivity index (χ3n) is 18.4. The molecule has 21 heteroatoms. The number of imidazole rings is 4. The molecule has 0 unspecified atom stereocenters. The minimum Gasteiger partial charge on any atom is -0.491 e. The standard InChI is InChI=1S/C26H21ClN4O.C25H20ClN3O.C21H18ClN3O.C21H18FN3O/c1-17(2)32-22-5-3-18(4-6-22)19-9-12-31-24(16-30-26(31)15-19)21-8-10-28-23(13-21)20-7-11-29-25(27)14-20;1-16(2)30-20-6-3-17(4-7-20)18-10-12-29-24(15-28-25(29)13-18)22-9-11-27-23-14-19(26)5-8-21(22)23;2*1-14(2)26-18-5-3-15(4-6-18)16-8-10-25-19(13-24-21(25)12-16)17-7-9-23-20(22)11-17/h3-17H,1-2H3;3-16H,1-2H3;2*3-14H,1-2H3. The van der Waals surface area contributed by atoms with Crippen LogP contribution < -0.4 is 18.9 Å². The molecule has 13 aromatic heterocycles. The van der Waals surface area contributed by atoms with Crippen molar-refractivity contribution in [2.75, 3.05) is 0 Å². The molecule has 13 heterocycles. The second-order valence-corrected chi connectivity index (χ2v) is 29.2. The van der Waals surface area contributed by atoms with Gasteiger partial charge in [0.1, 0.15) is 55.9 Å². The number of aromatic nitrogens is 13. The lowest BCUT2D eigenvalue weighted by Crippen LogP contribution is -2.05. The largest absolute Gasteiger partial charge is 0.491 e. The van der Waals surface area contributed by atoms with Crippen LogP contribution in [0, 0.1) is 5.95 Å². The van der Waals surface area contributed by atoms with Gasteiger partial charge in [-0.25, -0.2) is 34.9 Å². The van der Waals surface area contributed by atoms with Gasteiger partial charge in [-0.3, -0.25) is 27.6 Å². The third kappa shape index (κ3) is 17.9. The second kappa shape index (κ2) is 34.2. The van der Waals surface area contributed by atoms with E-state index in [-0.39, 0.29) is 24.4 Å². The number of pyridine rings is 9. The maximum absolute atomic E-state index is 13.4. The summed E-state index contributed by atoms with van der Waals surface area (Å²) in [7, 11) is 0. The van der Waals surface area contributed by atoms with Crippen LogP contribution in [0.2, 0.25) is 15.3 Å². The topological polar surface area (TPSA) is 171 Å². The molecule has 0 aliphatic heterocycles. The Morgan fingerprint density at radius 3 is 1.00 bits per heavy atom. The first-order valence-corrected chi connectivity index (χ1v) is 38.3. The number of ether oxygens (including phenoxy) is 4. The van der Waals surface area contributed by atoms with Crippen LogP contribution in [-0.2, 0) is 0 Å². The van der Waals surface area contributed by atoms with Gasteiger partial charge < -0.3 is 18.9 Å². The van der Waals surface area contributed by atoms with Crippen molar-refractivity contribution < 1.29 is 23.3 Å². The highest BCUT2D eigenvalue weighted by atomic mass is 35.5. The predicted molar refractivity (Wildman–Crippen MR) is 454 cm³/mol. The molecule has 0 fully saturated rings. The second-order valence-electron chi connectivity index (χ2n) is 28.0. The van der Waals surface area contributed by atoms with Gasteiger partial charge in [0.25, 0.3) is 0 Å². The van der Waals surface area contributed by atoms with E-state index in [1.165, 1.54) is 12.3 Å². The summed E-state index contributed by atoms with van der Waals surface area (Å²) >= 11 is 18.2. The quantitative estimate of drug-likeness (QED) is 0.0790. The highest BCUT2D eigenvalue weighted by Gasteiger charge is 2.17. The van der Waals surface area contributed by atoms with Crippen LogP contribution in [0.1, 0.15) is 55.4 Å². The van der Waals surface area contributed by atoms with Crippen molar-refractivity contribution in [3.8, 4) is 124 Å². The highest BCUT2D eigenvalue weighted by molar-refractivity contribution is 6.31. The Hall–Kier alpha value is -13.1. The van der Waals surface area contributed by atoms with E-state index in [0.29, 0.717) is 15.3 Å². The SMILES string of the molecule is CC(C)Oc1ccc(-c2ccn3c(-c4ccnc(-c5ccnc(Cl)c5)c4)cnc3c2)cc1.CC(C)Oc1ccc(-c2ccn3c(-c4ccnc(Cl)c4)cnc3c2)cc1.CC(C)Oc1ccc(-c2ccn3c(-c4ccnc(F)c4)cnc3c2)cc1.CC(C)Oc1ccc(-c2ccn3c(-c4ccnc5cc(Cl)ccc45)cnc3c2)cc1. The van der Waals surface area contributed by atoms with Crippen molar-refractivity contribution in [3.63, 3.8) is 0 Å². The van der Waals surface area contributed by atoms with Gasteiger partial charge in [-0.05, 0) is 258 Å². The predicted octanol–water partition coefficient (Wildman–Crippen LogP) is 23.7. The van der Waals surface area contributed by atoms with Gasteiger partial charge in [-0.15, -0.1) is 0 Å². The van der Waals surface area contributed by atoms with Crippen LogP contribution in [0.4, 0.5) is 4.39 Å². The highest BCUT2D eigenvalue weighted by Crippen LogP contribution is 2.36. The minimum absolute atomic E-state index is 0.151. The van der Waals surface area contributed by atoms with Crippen molar-refractivity contribution in [1.82, 2.24) is 62.5 Å². The van der Waals surface area contributed by atoms with Crippen LogP contribution in [-0.4, -0.2) is 86.9 Å². The summed E-state index contributed by atoms with van der Waals surface area (Å²) in [6.45, 7) is 16.2. The normalized spacial score (nSPS) is 11.3. The van der Waals surface area contributed by atoms with E-state index in [4.69, 9.17) is 53.8 Å². The molecule has 5 aromatic carbocycles. The molecule has 0 aliphatic rings. The molecule has 0 radical (unpaired) electrons. The summed E-state index contributed by atoms with van der Waals surface area (Å²) in [5.74, 6) is 2.98. The third-order valence-corrected chi connectivity index (χ3v) is 19.0. The van der Waals surface area contributed by atoms with Gasteiger partial charge in [-0.1, -0.05) is 89.4 Å². The van der Waals surface area contributed by atoms with Crippen LogP contribution >= 0.6 is 34.8 Å². The Morgan fingerprint density at radius 1 is 0.281 bits per heavy atom. The molecular formula is C93H77Cl3FN13O4. The summed E-state index contributed by atoms with van der Waals surface area (Å²) < 4.78 is 44.4. The van der Waals surface area contributed by atoms with Gasteiger partial charge in [0, 0.05) is 100 Å². The Morgan fingerprint density at radius 2 is 0.614 bits per heavy atom. The molecule has 0 spiro atoms. The number of fused-ring (bicyclic) bond motifs is 5. The lowest BCUT2D eigenvalue weighted by atomic mass is 10.1. The van der Waals surface area contributed by atoms with Crippen molar-refractivity contribution in [1.29, 1.82) is 0 Å². The van der Waals surface area contributed by atoms with Crippen LogP contribution in [0.25, 0.3) is 134 Å². The maximum Gasteiger partial charge on any atom is 0.213 e. The molecule has 17 nitrogen and oxygen atoms in total. The van der Waals surface area contributed by atoms with Crippen LogP contribution in [0.5, 0.6) is 23.0 Å². The van der Waals surface area contributed by atoms with E-state index in [2.05, 4.69) is 139 Å². The maximum atomic E-state index is 13.4. The van der Waals surface area contributed by atoms with Gasteiger partial charge >= 0.3 is 0 Å². The number of benzene rings is 5. The zero-order valence-corrected chi connectivity index (χ0v) is 65.8. The molecule has 0 aliphatic carbocycles. The van der Waals surface area contributed by atoms with Crippen LogP contribution in [0.3, 0.4) is 0 Å². The van der Waals surface area contributed by atoms with Crippen molar-refractivity contribution in [2.24, 2.45) is 0 Å². The molecule has 0 amide bonds. The van der Waals surface area contributed by atoms with Gasteiger partial charge in [0.2, 0.25) is 5.95 Å². The average Bonchev–Trinajstić information content (AvgIpc) is 1.63. The molecule has 18 aromatic rings. The zero-order chi connectivity index (χ0) is 78.9. The summed E-state index contributed by atoms with van der Waals surface area (Å²) in [4.78, 5) is 38.9. The fraction of sp³-hybridized carbons (Fsp3) is 0.129. The van der Waals surface area contributed by atoms with Crippen molar-refractivity contribution in [2.45, 2.75) is 79.8 Å². The minimum atomic E-state index is -0.502. The Balaban J connectivity index is 0.000000120. The number of nitrogens with zero attached hydrogens (tertiary/aromatic N) is 13. The Bertz CT molecular complexity index is 6230. The number of halogens is 4. The van der Waals surface area contributed by atoms with E-state index in [0.717, 1.165) is 157 Å². The molecule has 0 atom stereocenters. The van der Waals surface area contributed by atoms with Gasteiger partial charge in [0.15, 0.2) is 0 Å². The molecule has 0 N–H and O–H groups in total. The van der Waals surface area contributed by atoms with E-state index >= 15 is 0 Å². The monoisotopic (exact) mass is 1560 g/mol. The first-order chi connectivity index (χ1) is 55.3. The number of hydrogen-bond donors (Lipinski definition) is 0. The Kier molecular flexibility index (Phi) is 22.9. The fourth-order valence-corrected chi connectivity index (χ4v) is 13.8. The van der Waals surface area contributed by atoms with E-state index in [9.17, 15) is 4.39 Å². The Labute approximate surface area is 673 Å².